The lowest BCUT2D eigenvalue weighted by Gasteiger charge is -2.16. The first-order valence-corrected chi connectivity index (χ1v) is 7.16. The minimum absolute atomic E-state index is 0.457. The Balaban J connectivity index is 2.23. The van der Waals surface area contributed by atoms with Gasteiger partial charge in [-0.15, -0.1) is 0 Å². The van der Waals surface area contributed by atoms with Crippen molar-refractivity contribution >= 4 is 15.9 Å². The average Bonchev–Trinajstić information content (AvgIpc) is 2.47. The molecule has 0 fully saturated rings. The number of para-hydroxylation sites is 1. The maximum Gasteiger partial charge on any atom is 0.125 e. The summed E-state index contributed by atoms with van der Waals surface area (Å²) in [6, 6.07) is 15.1. The first kappa shape index (κ1) is 15.0. The molecule has 0 spiro atoms. The Bertz CT molecular complexity index is 557. The normalized spacial score (nSPS) is 12.2. The lowest BCUT2D eigenvalue weighted by atomic mass is 10.0. The zero-order chi connectivity index (χ0) is 14.4. The predicted molar refractivity (Wildman–Crippen MR) is 82.0 cm³/mol. The lowest BCUT2D eigenvalue weighted by molar-refractivity contribution is 0.142. The van der Waals surface area contributed by atoms with E-state index >= 15 is 0 Å². The standard InChI is InChI=1S/C16H17BrO3/c1-19-9-10-20-15-8-3-2-7-14(15)16(18)12-5-4-6-13(17)11-12/h2-8,11,16,18H,9-10H2,1H3. The molecule has 2 rings (SSSR count). The van der Waals surface area contributed by atoms with E-state index in [0.717, 1.165) is 15.6 Å². The minimum Gasteiger partial charge on any atom is -0.491 e. The molecule has 1 unspecified atom stereocenters. The van der Waals surface area contributed by atoms with Gasteiger partial charge >= 0.3 is 0 Å². The van der Waals surface area contributed by atoms with Crippen LogP contribution in [0.1, 0.15) is 17.2 Å². The van der Waals surface area contributed by atoms with Gasteiger partial charge in [0.15, 0.2) is 0 Å². The molecule has 20 heavy (non-hydrogen) atoms. The van der Waals surface area contributed by atoms with Crippen LogP contribution in [-0.2, 0) is 4.74 Å². The zero-order valence-electron chi connectivity index (χ0n) is 11.3. The Morgan fingerprint density at radius 1 is 1.10 bits per heavy atom. The van der Waals surface area contributed by atoms with Crippen LogP contribution in [-0.4, -0.2) is 25.4 Å². The summed E-state index contributed by atoms with van der Waals surface area (Å²) in [5, 5.41) is 10.5. The third kappa shape index (κ3) is 3.82. The molecule has 0 bridgehead atoms. The first-order valence-electron chi connectivity index (χ1n) is 6.36. The van der Waals surface area contributed by atoms with E-state index in [4.69, 9.17) is 9.47 Å². The second-order valence-corrected chi connectivity index (χ2v) is 5.25. The summed E-state index contributed by atoms with van der Waals surface area (Å²) < 4.78 is 11.6. The number of aliphatic hydroxyl groups is 1. The van der Waals surface area contributed by atoms with Crippen molar-refractivity contribution in [3.8, 4) is 5.75 Å². The highest BCUT2D eigenvalue weighted by atomic mass is 79.9. The molecule has 0 aliphatic rings. The van der Waals surface area contributed by atoms with Crippen LogP contribution < -0.4 is 4.74 Å². The molecule has 0 amide bonds. The van der Waals surface area contributed by atoms with Crippen molar-refractivity contribution in [3.05, 3.63) is 64.1 Å². The highest BCUT2D eigenvalue weighted by Gasteiger charge is 2.15. The Morgan fingerprint density at radius 3 is 2.65 bits per heavy atom. The van der Waals surface area contributed by atoms with Gasteiger partial charge in [-0.05, 0) is 23.8 Å². The van der Waals surface area contributed by atoms with Gasteiger partial charge in [-0.2, -0.15) is 0 Å². The smallest absolute Gasteiger partial charge is 0.125 e. The third-order valence-electron chi connectivity index (χ3n) is 2.92. The maximum absolute atomic E-state index is 10.5. The summed E-state index contributed by atoms with van der Waals surface area (Å²) in [5.74, 6) is 0.678. The average molecular weight is 337 g/mol. The number of ether oxygens (including phenoxy) is 2. The number of rotatable bonds is 6. The van der Waals surface area contributed by atoms with Crippen molar-refractivity contribution < 1.29 is 14.6 Å². The lowest BCUT2D eigenvalue weighted by Crippen LogP contribution is -2.08. The molecule has 106 valence electrons. The molecule has 4 heteroatoms. The number of methoxy groups -OCH3 is 1. The quantitative estimate of drug-likeness (QED) is 0.820. The minimum atomic E-state index is -0.716. The molecular weight excluding hydrogens is 320 g/mol. The first-order chi connectivity index (χ1) is 9.72. The number of hydrogen-bond donors (Lipinski definition) is 1. The van der Waals surface area contributed by atoms with Crippen LogP contribution in [0, 0.1) is 0 Å². The van der Waals surface area contributed by atoms with E-state index in [2.05, 4.69) is 15.9 Å². The Morgan fingerprint density at radius 2 is 1.90 bits per heavy atom. The predicted octanol–water partition coefficient (Wildman–Crippen LogP) is 3.56. The van der Waals surface area contributed by atoms with Crippen LogP contribution in [0.4, 0.5) is 0 Å². The molecule has 0 heterocycles. The van der Waals surface area contributed by atoms with Gasteiger partial charge in [0.1, 0.15) is 18.5 Å². The molecule has 0 aliphatic carbocycles. The van der Waals surface area contributed by atoms with Gasteiger partial charge in [0.25, 0.3) is 0 Å². The van der Waals surface area contributed by atoms with Crippen molar-refractivity contribution in [3.63, 3.8) is 0 Å². The monoisotopic (exact) mass is 336 g/mol. The topological polar surface area (TPSA) is 38.7 Å². The molecule has 0 aliphatic heterocycles. The van der Waals surface area contributed by atoms with Gasteiger partial charge in [-0.1, -0.05) is 46.3 Å². The van der Waals surface area contributed by atoms with Gasteiger partial charge in [0, 0.05) is 17.1 Å². The zero-order valence-corrected chi connectivity index (χ0v) is 12.8. The highest BCUT2D eigenvalue weighted by Crippen LogP contribution is 2.30. The molecule has 0 saturated carbocycles. The van der Waals surface area contributed by atoms with Crippen molar-refractivity contribution in [2.75, 3.05) is 20.3 Å². The summed E-state index contributed by atoms with van der Waals surface area (Å²) in [5.41, 5.74) is 1.57. The van der Waals surface area contributed by atoms with Crippen molar-refractivity contribution in [2.45, 2.75) is 6.10 Å². The van der Waals surface area contributed by atoms with Crippen LogP contribution in [0.25, 0.3) is 0 Å². The number of hydrogen-bond acceptors (Lipinski definition) is 3. The molecule has 1 N–H and O–H groups in total. The Hall–Kier alpha value is -1.36. The third-order valence-corrected chi connectivity index (χ3v) is 3.42. The van der Waals surface area contributed by atoms with Crippen LogP contribution in [0.2, 0.25) is 0 Å². The fraction of sp³-hybridized carbons (Fsp3) is 0.250. The van der Waals surface area contributed by atoms with E-state index in [-0.39, 0.29) is 0 Å². The number of halogens is 1. The molecule has 2 aromatic carbocycles. The molecular formula is C16H17BrO3. The molecule has 0 aromatic heterocycles. The van der Waals surface area contributed by atoms with Crippen LogP contribution in [0.15, 0.2) is 53.0 Å². The van der Waals surface area contributed by atoms with Gasteiger partial charge < -0.3 is 14.6 Å². The van der Waals surface area contributed by atoms with Gasteiger partial charge in [-0.3, -0.25) is 0 Å². The molecule has 2 aromatic rings. The molecule has 3 nitrogen and oxygen atoms in total. The fourth-order valence-corrected chi connectivity index (χ4v) is 2.35. The van der Waals surface area contributed by atoms with E-state index < -0.39 is 6.10 Å². The summed E-state index contributed by atoms with van der Waals surface area (Å²) in [7, 11) is 1.63. The molecule has 0 radical (unpaired) electrons. The SMILES string of the molecule is COCCOc1ccccc1C(O)c1cccc(Br)c1. The fourth-order valence-electron chi connectivity index (χ4n) is 1.93. The summed E-state index contributed by atoms with van der Waals surface area (Å²) in [6.07, 6.45) is -0.716. The van der Waals surface area contributed by atoms with Gasteiger partial charge in [-0.25, -0.2) is 0 Å². The van der Waals surface area contributed by atoms with Crippen LogP contribution >= 0.6 is 15.9 Å². The molecule has 1 atom stereocenters. The summed E-state index contributed by atoms with van der Waals surface area (Å²) >= 11 is 3.41. The van der Waals surface area contributed by atoms with Gasteiger partial charge in [0.05, 0.1) is 6.61 Å². The van der Waals surface area contributed by atoms with Crippen LogP contribution in [0.5, 0.6) is 5.75 Å². The van der Waals surface area contributed by atoms with Crippen LogP contribution in [0.3, 0.4) is 0 Å². The maximum atomic E-state index is 10.5. The van der Waals surface area contributed by atoms with Gasteiger partial charge in [0.2, 0.25) is 0 Å². The van der Waals surface area contributed by atoms with E-state index in [0.29, 0.717) is 19.0 Å². The van der Waals surface area contributed by atoms with E-state index in [1.54, 1.807) is 7.11 Å². The van der Waals surface area contributed by atoms with Crippen molar-refractivity contribution in [1.29, 1.82) is 0 Å². The van der Waals surface area contributed by atoms with E-state index in [1.807, 2.05) is 48.5 Å². The molecule has 0 saturated heterocycles. The van der Waals surface area contributed by atoms with Crippen molar-refractivity contribution in [1.82, 2.24) is 0 Å². The Kier molecular flexibility index (Phi) is 5.59. The van der Waals surface area contributed by atoms with E-state index in [9.17, 15) is 5.11 Å². The van der Waals surface area contributed by atoms with E-state index in [1.165, 1.54) is 0 Å². The Labute approximate surface area is 127 Å². The van der Waals surface area contributed by atoms with Crippen molar-refractivity contribution in [2.24, 2.45) is 0 Å². The second kappa shape index (κ2) is 7.43. The largest absolute Gasteiger partial charge is 0.491 e. The highest BCUT2D eigenvalue weighted by molar-refractivity contribution is 9.10. The summed E-state index contributed by atoms with van der Waals surface area (Å²) in [4.78, 5) is 0. The number of benzene rings is 2. The summed E-state index contributed by atoms with van der Waals surface area (Å²) in [6.45, 7) is 0.972. The second-order valence-electron chi connectivity index (χ2n) is 4.34. The number of aliphatic hydroxyl groups excluding tert-OH is 1.